The van der Waals surface area contributed by atoms with Crippen molar-refractivity contribution in [3.05, 3.63) is 28.3 Å². The van der Waals surface area contributed by atoms with Gasteiger partial charge in [-0.2, -0.15) is 0 Å². The van der Waals surface area contributed by atoms with Gasteiger partial charge in [-0.05, 0) is 61.5 Å². The highest BCUT2D eigenvalue weighted by Gasteiger charge is 2.21. The van der Waals surface area contributed by atoms with E-state index in [1.807, 2.05) is 19.1 Å². The zero-order chi connectivity index (χ0) is 14.4. The summed E-state index contributed by atoms with van der Waals surface area (Å²) in [4.78, 5) is 0. The molecule has 1 rings (SSSR count). The molecule has 4 heteroatoms. The van der Waals surface area contributed by atoms with Gasteiger partial charge in [0.2, 0.25) is 0 Å². The Morgan fingerprint density at radius 1 is 1.26 bits per heavy atom. The van der Waals surface area contributed by atoms with Crippen molar-refractivity contribution in [1.82, 2.24) is 0 Å². The average Bonchev–Trinajstić information content (AvgIpc) is 2.40. The lowest BCUT2D eigenvalue weighted by molar-refractivity contribution is 0.308. The normalized spacial score (nSPS) is 12.8. The number of benzene rings is 1. The molecule has 0 aliphatic carbocycles. The smallest absolute Gasteiger partial charge is 0.123 e. The van der Waals surface area contributed by atoms with Gasteiger partial charge in [-0.3, -0.25) is 0 Å². The van der Waals surface area contributed by atoms with Crippen LogP contribution in [-0.4, -0.2) is 19.7 Å². The fourth-order valence-corrected chi connectivity index (χ4v) is 2.29. The van der Waals surface area contributed by atoms with Gasteiger partial charge in [0.1, 0.15) is 5.75 Å². The van der Waals surface area contributed by atoms with Gasteiger partial charge in [-0.1, -0.05) is 25.4 Å². The molecule has 19 heavy (non-hydrogen) atoms. The van der Waals surface area contributed by atoms with E-state index in [0.717, 1.165) is 28.3 Å². The molecule has 0 aliphatic heterocycles. The molecule has 1 aromatic carbocycles. The van der Waals surface area contributed by atoms with Crippen LogP contribution in [0.4, 0.5) is 0 Å². The van der Waals surface area contributed by atoms with Crippen molar-refractivity contribution in [3.63, 3.8) is 0 Å². The van der Waals surface area contributed by atoms with Crippen LogP contribution < -0.4 is 16.2 Å². The van der Waals surface area contributed by atoms with Crippen molar-refractivity contribution in [1.29, 1.82) is 0 Å². The van der Waals surface area contributed by atoms with Crippen molar-refractivity contribution >= 4 is 11.6 Å². The first-order valence-corrected chi connectivity index (χ1v) is 7.25. The molecule has 0 radical (unpaired) electrons. The molecule has 0 spiro atoms. The van der Waals surface area contributed by atoms with Crippen molar-refractivity contribution in [2.24, 2.45) is 17.4 Å². The summed E-state index contributed by atoms with van der Waals surface area (Å²) in [7, 11) is 0. The maximum absolute atomic E-state index is 6.24. The van der Waals surface area contributed by atoms with Crippen LogP contribution in [0.25, 0.3) is 0 Å². The Morgan fingerprint density at radius 2 is 1.89 bits per heavy atom. The second-order valence-corrected chi connectivity index (χ2v) is 5.42. The van der Waals surface area contributed by atoms with E-state index in [-0.39, 0.29) is 11.8 Å². The lowest BCUT2D eigenvalue weighted by Gasteiger charge is -2.24. The lowest BCUT2D eigenvalue weighted by atomic mass is 9.86. The van der Waals surface area contributed by atoms with E-state index in [9.17, 15) is 0 Å². The SMILES string of the molecule is CCCOc1cc(C)c(Cl)cc1C(C)C(CN)CN. The van der Waals surface area contributed by atoms with Crippen LogP contribution in [0.1, 0.15) is 37.3 Å². The molecule has 1 unspecified atom stereocenters. The van der Waals surface area contributed by atoms with Crippen molar-refractivity contribution in [3.8, 4) is 5.75 Å². The molecule has 0 aliphatic rings. The number of nitrogens with two attached hydrogens (primary N) is 2. The standard InChI is InChI=1S/C15H25ClN2O/c1-4-5-19-15-6-10(2)14(16)7-13(15)11(3)12(8-17)9-18/h6-7,11-12H,4-5,8-9,17-18H2,1-3H3. The zero-order valence-electron chi connectivity index (χ0n) is 12.1. The highest BCUT2D eigenvalue weighted by Crippen LogP contribution is 2.35. The summed E-state index contributed by atoms with van der Waals surface area (Å²) in [5, 5.41) is 0.762. The van der Waals surface area contributed by atoms with Crippen LogP contribution >= 0.6 is 11.6 Å². The predicted molar refractivity (Wildman–Crippen MR) is 82.0 cm³/mol. The van der Waals surface area contributed by atoms with Gasteiger partial charge in [0.25, 0.3) is 0 Å². The van der Waals surface area contributed by atoms with E-state index in [1.165, 1.54) is 0 Å². The molecule has 0 heterocycles. The third kappa shape index (κ3) is 4.10. The molecule has 4 N–H and O–H groups in total. The Kier molecular flexibility index (Phi) is 6.63. The Labute approximate surface area is 121 Å². The topological polar surface area (TPSA) is 61.3 Å². The Morgan fingerprint density at radius 3 is 2.42 bits per heavy atom. The quantitative estimate of drug-likeness (QED) is 0.809. The molecule has 3 nitrogen and oxygen atoms in total. The van der Waals surface area contributed by atoms with E-state index >= 15 is 0 Å². The molecule has 0 bridgehead atoms. The first-order valence-electron chi connectivity index (χ1n) is 6.88. The second-order valence-electron chi connectivity index (χ2n) is 5.01. The second kappa shape index (κ2) is 7.73. The Bertz CT molecular complexity index is 405. The number of halogens is 1. The minimum absolute atomic E-state index is 0.236. The summed E-state index contributed by atoms with van der Waals surface area (Å²) in [6.45, 7) is 8.04. The summed E-state index contributed by atoms with van der Waals surface area (Å²) in [5.74, 6) is 1.38. The number of rotatable bonds is 7. The van der Waals surface area contributed by atoms with E-state index in [4.69, 9.17) is 27.8 Å². The maximum Gasteiger partial charge on any atom is 0.123 e. The van der Waals surface area contributed by atoms with Gasteiger partial charge in [-0.25, -0.2) is 0 Å². The molecule has 0 amide bonds. The van der Waals surface area contributed by atoms with Crippen molar-refractivity contribution in [2.45, 2.75) is 33.1 Å². The minimum Gasteiger partial charge on any atom is -0.493 e. The lowest BCUT2D eigenvalue weighted by Crippen LogP contribution is -2.28. The van der Waals surface area contributed by atoms with Crippen LogP contribution in [0.2, 0.25) is 5.02 Å². The summed E-state index contributed by atoms with van der Waals surface area (Å²) < 4.78 is 5.84. The van der Waals surface area contributed by atoms with Crippen molar-refractivity contribution in [2.75, 3.05) is 19.7 Å². The van der Waals surface area contributed by atoms with E-state index < -0.39 is 0 Å². The summed E-state index contributed by atoms with van der Waals surface area (Å²) in [5.41, 5.74) is 13.7. The van der Waals surface area contributed by atoms with Gasteiger partial charge in [0, 0.05) is 5.02 Å². The van der Waals surface area contributed by atoms with Gasteiger partial charge < -0.3 is 16.2 Å². The first-order chi connectivity index (χ1) is 9.04. The zero-order valence-corrected chi connectivity index (χ0v) is 12.8. The van der Waals surface area contributed by atoms with E-state index in [0.29, 0.717) is 19.7 Å². The maximum atomic E-state index is 6.24. The summed E-state index contributed by atoms with van der Waals surface area (Å²) in [6.07, 6.45) is 0.979. The number of ether oxygens (including phenoxy) is 1. The van der Waals surface area contributed by atoms with Crippen molar-refractivity contribution < 1.29 is 4.74 Å². The Balaban J connectivity index is 3.11. The molecule has 1 aromatic rings. The van der Waals surface area contributed by atoms with E-state index in [2.05, 4.69) is 13.8 Å². The summed E-state index contributed by atoms with van der Waals surface area (Å²) >= 11 is 6.24. The number of hydrogen-bond acceptors (Lipinski definition) is 3. The van der Waals surface area contributed by atoms with Crippen LogP contribution in [0.3, 0.4) is 0 Å². The van der Waals surface area contributed by atoms with Gasteiger partial charge in [0.05, 0.1) is 6.61 Å². The van der Waals surface area contributed by atoms with Crippen LogP contribution in [-0.2, 0) is 0 Å². The van der Waals surface area contributed by atoms with E-state index in [1.54, 1.807) is 0 Å². The fourth-order valence-electron chi connectivity index (χ4n) is 2.12. The largest absolute Gasteiger partial charge is 0.493 e. The molecule has 0 aromatic heterocycles. The molecule has 0 fully saturated rings. The third-order valence-corrected chi connectivity index (χ3v) is 3.96. The van der Waals surface area contributed by atoms with Gasteiger partial charge in [0.15, 0.2) is 0 Å². The minimum atomic E-state index is 0.236. The summed E-state index contributed by atoms with van der Waals surface area (Å²) in [6, 6.07) is 4.00. The van der Waals surface area contributed by atoms with Gasteiger partial charge >= 0.3 is 0 Å². The molecular weight excluding hydrogens is 260 g/mol. The predicted octanol–water partition coefficient (Wildman–Crippen LogP) is 3.07. The van der Waals surface area contributed by atoms with Crippen LogP contribution in [0.15, 0.2) is 12.1 Å². The highest BCUT2D eigenvalue weighted by molar-refractivity contribution is 6.31. The molecular formula is C15H25ClN2O. The number of aryl methyl sites for hydroxylation is 1. The third-order valence-electron chi connectivity index (χ3n) is 3.56. The van der Waals surface area contributed by atoms with Gasteiger partial charge in [-0.15, -0.1) is 0 Å². The number of hydrogen-bond donors (Lipinski definition) is 2. The van der Waals surface area contributed by atoms with Crippen LogP contribution in [0.5, 0.6) is 5.75 Å². The fraction of sp³-hybridized carbons (Fsp3) is 0.600. The molecule has 1 atom stereocenters. The Hall–Kier alpha value is -0.770. The highest BCUT2D eigenvalue weighted by atomic mass is 35.5. The average molecular weight is 285 g/mol. The first kappa shape index (κ1) is 16.3. The molecule has 0 saturated carbocycles. The van der Waals surface area contributed by atoms with Crippen LogP contribution in [0, 0.1) is 12.8 Å². The molecule has 108 valence electrons. The molecule has 0 saturated heterocycles. The monoisotopic (exact) mass is 284 g/mol.